The predicted octanol–water partition coefficient (Wildman–Crippen LogP) is 21.0. The van der Waals surface area contributed by atoms with Gasteiger partial charge in [0.15, 0.2) is 0 Å². The summed E-state index contributed by atoms with van der Waals surface area (Å²) in [6.45, 7) is 0. The van der Waals surface area contributed by atoms with E-state index in [1.54, 1.807) is 0 Å². The average molecular weight is 1000 g/mol. The minimum absolute atomic E-state index is 1.07. The van der Waals surface area contributed by atoms with Crippen molar-refractivity contribution in [2.75, 3.05) is 4.90 Å². The van der Waals surface area contributed by atoms with Crippen molar-refractivity contribution in [3.63, 3.8) is 0 Å². The highest BCUT2D eigenvalue weighted by Gasteiger charge is 2.45. The van der Waals surface area contributed by atoms with Gasteiger partial charge in [-0.2, -0.15) is 0 Å². The van der Waals surface area contributed by atoms with E-state index in [4.69, 9.17) is 0 Å². The van der Waals surface area contributed by atoms with Gasteiger partial charge < -0.3 is 4.90 Å². The molecular formula is C78H51N. The van der Waals surface area contributed by atoms with E-state index in [2.05, 4.69) is 314 Å². The van der Waals surface area contributed by atoms with E-state index in [1.807, 2.05) is 0 Å². The third-order valence-electron chi connectivity index (χ3n) is 16.1. The highest BCUT2D eigenvalue weighted by atomic mass is 15.1. The van der Waals surface area contributed by atoms with Crippen LogP contribution in [0.25, 0.3) is 93.6 Å². The third kappa shape index (κ3) is 7.78. The van der Waals surface area contributed by atoms with Crippen molar-refractivity contribution in [2.45, 2.75) is 0 Å². The van der Waals surface area contributed by atoms with Crippen LogP contribution in [0.4, 0.5) is 17.1 Å². The highest BCUT2D eigenvalue weighted by Crippen LogP contribution is 2.68. The van der Waals surface area contributed by atoms with Crippen molar-refractivity contribution < 1.29 is 0 Å². The van der Waals surface area contributed by atoms with Crippen molar-refractivity contribution in [3.8, 4) is 33.4 Å². The fourth-order valence-corrected chi connectivity index (χ4v) is 12.7. The van der Waals surface area contributed by atoms with Crippen LogP contribution < -0.4 is 4.90 Å². The van der Waals surface area contributed by atoms with Crippen LogP contribution in [0.1, 0.15) is 33.4 Å². The maximum Gasteiger partial charge on any atom is 0.0631 e. The summed E-state index contributed by atoms with van der Waals surface area (Å²) in [4.78, 5) is 2.55. The van der Waals surface area contributed by atoms with Crippen molar-refractivity contribution in [2.24, 2.45) is 0 Å². The van der Waals surface area contributed by atoms with Crippen LogP contribution in [0.2, 0.25) is 0 Å². The first kappa shape index (κ1) is 46.0. The summed E-state index contributed by atoms with van der Waals surface area (Å²) in [7, 11) is 0. The van der Waals surface area contributed by atoms with Gasteiger partial charge in [0, 0.05) is 44.8 Å². The zero-order chi connectivity index (χ0) is 52.2. The first-order valence-electron chi connectivity index (χ1n) is 27.3. The molecule has 0 N–H and O–H groups in total. The molecular weight excluding hydrogens is 951 g/mol. The van der Waals surface area contributed by atoms with E-state index < -0.39 is 0 Å². The molecule has 0 aromatic heterocycles. The molecule has 0 bridgehead atoms. The molecule has 368 valence electrons. The Morgan fingerprint density at radius 3 is 0.886 bits per heavy atom. The van der Waals surface area contributed by atoms with Gasteiger partial charge in [0.2, 0.25) is 0 Å². The summed E-state index contributed by atoms with van der Waals surface area (Å²) < 4.78 is 0. The molecule has 0 aliphatic heterocycles. The standard InChI is InChI=1S/C78H51N/c1-7-28-55(29-8-1)67-68(56-30-9-2-10-31-56)76-75-69(57-32-11-3-12-33-57)70(62-46-43-52-25-19-22-36-59(52)49-62)71(63-47-44-53-26-20-23-37-60(53)50-63)74(75)72(64-48-45-54-27-21-24-38-61(54)51-64)77(76)78(73(67)58-34-13-4-14-35-58)79(65-39-15-5-16-40-65)66-41-17-6-18-42-66/h1-51H. The molecule has 2 aliphatic carbocycles. The minimum Gasteiger partial charge on any atom is -0.309 e. The Balaban J connectivity index is 1.25. The lowest BCUT2D eigenvalue weighted by Gasteiger charge is -2.34. The number of hydrogen-bond acceptors (Lipinski definition) is 1. The van der Waals surface area contributed by atoms with Gasteiger partial charge in [0.1, 0.15) is 0 Å². The van der Waals surface area contributed by atoms with Crippen LogP contribution >= 0.6 is 0 Å². The van der Waals surface area contributed by atoms with Crippen LogP contribution in [0.5, 0.6) is 0 Å². The lowest BCUT2D eigenvalue weighted by atomic mass is 9.77. The normalized spacial score (nSPS) is 12.9. The van der Waals surface area contributed by atoms with Crippen molar-refractivity contribution >= 4 is 77.2 Å². The molecule has 0 heterocycles. The topological polar surface area (TPSA) is 3.24 Å². The molecule has 0 atom stereocenters. The molecule has 0 unspecified atom stereocenters. The molecule has 2 aliphatic rings. The van der Waals surface area contributed by atoms with Crippen molar-refractivity contribution in [1.29, 1.82) is 0 Å². The fourth-order valence-electron chi connectivity index (χ4n) is 12.7. The Bertz CT molecular complexity index is 4550. The van der Waals surface area contributed by atoms with E-state index in [-0.39, 0.29) is 0 Å². The Kier molecular flexibility index (Phi) is 11.3. The average Bonchev–Trinajstić information content (AvgIpc) is 2.96. The zero-order valence-corrected chi connectivity index (χ0v) is 43.4. The molecule has 13 aromatic rings. The second kappa shape index (κ2) is 19.3. The number of hydrogen-bond donors (Lipinski definition) is 0. The largest absolute Gasteiger partial charge is 0.309 e. The van der Waals surface area contributed by atoms with Crippen molar-refractivity contribution in [1.82, 2.24) is 0 Å². The van der Waals surface area contributed by atoms with E-state index in [0.29, 0.717) is 0 Å². The highest BCUT2D eigenvalue weighted by molar-refractivity contribution is 6.41. The maximum atomic E-state index is 2.55. The van der Waals surface area contributed by atoms with Gasteiger partial charge in [-0.25, -0.2) is 0 Å². The Labute approximate surface area is 461 Å². The third-order valence-corrected chi connectivity index (χ3v) is 16.1. The maximum absolute atomic E-state index is 2.55. The molecule has 13 aromatic carbocycles. The summed E-state index contributed by atoms with van der Waals surface area (Å²) in [5.41, 5.74) is 24.6. The second-order valence-electron chi connectivity index (χ2n) is 20.6. The van der Waals surface area contributed by atoms with E-state index in [9.17, 15) is 0 Å². The van der Waals surface area contributed by atoms with Crippen LogP contribution in [-0.2, 0) is 0 Å². The summed E-state index contributed by atoms with van der Waals surface area (Å²) in [5.74, 6) is 0. The summed E-state index contributed by atoms with van der Waals surface area (Å²) in [6, 6.07) is 115. The molecule has 15 rings (SSSR count). The number of nitrogens with zero attached hydrogens (tertiary/aromatic N) is 1. The number of rotatable bonds is 10. The zero-order valence-electron chi connectivity index (χ0n) is 43.4. The van der Waals surface area contributed by atoms with Crippen LogP contribution in [-0.4, -0.2) is 0 Å². The Morgan fingerprint density at radius 1 is 0.165 bits per heavy atom. The SMILES string of the molecule is c1ccc(C2=C3C(=C(c4ccc5ccccc5c4)c4c3c(-c3ccccc3)c(-c3ccccc3)c(-c3ccccc3)c4N(c3ccccc3)c3ccccc3)C(c3ccc4ccccc4c3)=C2c2ccc3ccccc3c2)cc1. The smallest absolute Gasteiger partial charge is 0.0631 e. The van der Waals surface area contributed by atoms with E-state index in [0.717, 1.165) is 50.4 Å². The van der Waals surface area contributed by atoms with Gasteiger partial charge in [0.25, 0.3) is 0 Å². The molecule has 1 nitrogen and oxygen atoms in total. The van der Waals surface area contributed by atoms with E-state index >= 15 is 0 Å². The van der Waals surface area contributed by atoms with Crippen LogP contribution in [0.3, 0.4) is 0 Å². The van der Waals surface area contributed by atoms with Gasteiger partial charge >= 0.3 is 0 Å². The van der Waals surface area contributed by atoms with Gasteiger partial charge in [0.05, 0.1) is 5.69 Å². The molecule has 0 spiro atoms. The minimum atomic E-state index is 1.07. The Hall–Kier alpha value is -10.3. The van der Waals surface area contributed by atoms with Crippen LogP contribution in [0, 0.1) is 0 Å². The molecule has 0 saturated heterocycles. The van der Waals surface area contributed by atoms with Gasteiger partial charge in [-0.15, -0.1) is 0 Å². The molecule has 0 fully saturated rings. The number of benzene rings is 13. The molecule has 0 amide bonds. The fraction of sp³-hybridized carbons (Fsp3) is 0. The molecule has 0 radical (unpaired) electrons. The number of fused-ring (bicyclic) bond motifs is 6. The predicted molar refractivity (Wildman–Crippen MR) is 335 cm³/mol. The first-order chi connectivity index (χ1) is 39.2. The molecule has 1 heteroatoms. The number of anilines is 3. The monoisotopic (exact) mass is 1000 g/mol. The summed E-state index contributed by atoms with van der Waals surface area (Å²) in [6.07, 6.45) is 0. The quantitative estimate of drug-likeness (QED) is 0.132. The van der Waals surface area contributed by atoms with Gasteiger partial charge in [-0.1, -0.05) is 267 Å². The summed E-state index contributed by atoms with van der Waals surface area (Å²) >= 11 is 0. The first-order valence-corrected chi connectivity index (χ1v) is 27.3. The number of para-hydroxylation sites is 2. The van der Waals surface area contributed by atoms with E-state index in [1.165, 1.54) is 99.1 Å². The summed E-state index contributed by atoms with van der Waals surface area (Å²) in [5, 5.41) is 7.22. The van der Waals surface area contributed by atoms with Gasteiger partial charge in [-0.3, -0.25) is 0 Å². The molecule has 0 saturated carbocycles. The van der Waals surface area contributed by atoms with Crippen molar-refractivity contribution in [3.05, 3.63) is 348 Å². The van der Waals surface area contributed by atoms with Gasteiger partial charge in [-0.05, 0) is 142 Å². The lowest BCUT2D eigenvalue weighted by molar-refractivity contribution is 1.27. The number of allylic oxidation sites excluding steroid dienone is 5. The van der Waals surface area contributed by atoms with Crippen LogP contribution in [0.15, 0.2) is 315 Å². The lowest BCUT2D eigenvalue weighted by Crippen LogP contribution is -2.15. The molecule has 79 heavy (non-hydrogen) atoms. The second-order valence-corrected chi connectivity index (χ2v) is 20.6. The Morgan fingerprint density at radius 2 is 0.468 bits per heavy atom.